The van der Waals surface area contributed by atoms with Gasteiger partial charge in [0.1, 0.15) is 5.38 Å². The maximum Gasteiger partial charge on any atom is 0.242 e. The van der Waals surface area contributed by atoms with Crippen LogP contribution in [0.25, 0.3) is 0 Å². The van der Waals surface area contributed by atoms with Crippen LogP contribution in [0.15, 0.2) is 30.3 Å². The van der Waals surface area contributed by atoms with E-state index in [-0.39, 0.29) is 5.91 Å². The van der Waals surface area contributed by atoms with E-state index >= 15 is 0 Å². The van der Waals surface area contributed by atoms with Gasteiger partial charge in [-0.3, -0.25) is 4.79 Å². The molecule has 1 N–H and O–H groups in total. The van der Waals surface area contributed by atoms with Crippen molar-refractivity contribution in [1.82, 2.24) is 5.32 Å². The molecule has 16 heavy (non-hydrogen) atoms. The molecule has 1 rings (SSSR count). The molecule has 0 aromatic heterocycles. The van der Waals surface area contributed by atoms with Crippen LogP contribution >= 0.6 is 11.6 Å². The van der Waals surface area contributed by atoms with Crippen LogP contribution in [0.3, 0.4) is 0 Å². The Morgan fingerprint density at radius 2 is 2.12 bits per heavy atom. The van der Waals surface area contributed by atoms with Crippen LogP contribution in [-0.4, -0.2) is 26.2 Å². The quantitative estimate of drug-likeness (QED) is 0.612. The highest BCUT2D eigenvalue weighted by Crippen LogP contribution is 2.19. The molecule has 0 aliphatic heterocycles. The van der Waals surface area contributed by atoms with E-state index in [2.05, 4.69) is 5.32 Å². The van der Waals surface area contributed by atoms with Crippen LogP contribution < -0.4 is 5.32 Å². The van der Waals surface area contributed by atoms with Crippen LogP contribution in [0, 0.1) is 0 Å². The molecule has 1 aromatic rings. The van der Waals surface area contributed by atoms with E-state index in [1.807, 2.05) is 30.3 Å². The average molecular weight is 242 g/mol. The van der Waals surface area contributed by atoms with Crippen molar-refractivity contribution < 1.29 is 9.53 Å². The number of hydrogen-bond acceptors (Lipinski definition) is 2. The van der Waals surface area contributed by atoms with Crippen molar-refractivity contribution >= 4 is 17.5 Å². The van der Waals surface area contributed by atoms with Gasteiger partial charge in [-0.05, 0) is 12.0 Å². The van der Waals surface area contributed by atoms with Crippen LogP contribution in [0.5, 0.6) is 0 Å². The van der Waals surface area contributed by atoms with Gasteiger partial charge in [-0.25, -0.2) is 0 Å². The van der Waals surface area contributed by atoms with Crippen molar-refractivity contribution in [3.8, 4) is 0 Å². The summed E-state index contributed by atoms with van der Waals surface area (Å²) in [5, 5.41) is 2.14. The highest BCUT2D eigenvalue weighted by Gasteiger charge is 2.16. The van der Waals surface area contributed by atoms with Gasteiger partial charge in [0.05, 0.1) is 0 Å². The first-order valence-corrected chi connectivity index (χ1v) is 5.65. The highest BCUT2D eigenvalue weighted by atomic mass is 35.5. The summed E-state index contributed by atoms with van der Waals surface area (Å²) >= 11 is 6.03. The third kappa shape index (κ3) is 4.21. The lowest BCUT2D eigenvalue weighted by molar-refractivity contribution is -0.120. The van der Waals surface area contributed by atoms with Gasteiger partial charge in [0.15, 0.2) is 0 Å². The van der Waals surface area contributed by atoms with Crippen molar-refractivity contribution in [2.75, 3.05) is 20.3 Å². The maximum absolute atomic E-state index is 11.6. The summed E-state index contributed by atoms with van der Waals surface area (Å²) in [5.74, 6) is -0.163. The molecule has 1 amide bonds. The number of benzene rings is 1. The Morgan fingerprint density at radius 1 is 1.44 bits per heavy atom. The number of halogens is 1. The van der Waals surface area contributed by atoms with E-state index < -0.39 is 5.38 Å². The summed E-state index contributed by atoms with van der Waals surface area (Å²) in [6.45, 7) is 1.22. The molecule has 0 aliphatic carbocycles. The Kier molecular flexibility index (Phi) is 5.90. The fourth-order valence-electron chi connectivity index (χ4n) is 1.29. The van der Waals surface area contributed by atoms with Gasteiger partial charge in [-0.1, -0.05) is 30.3 Å². The molecule has 0 saturated carbocycles. The van der Waals surface area contributed by atoms with Crippen molar-refractivity contribution in [1.29, 1.82) is 0 Å². The Bertz CT molecular complexity index is 316. The first-order valence-electron chi connectivity index (χ1n) is 5.21. The standard InChI is InChI=1S/C12H16ClNO2/c1-16-9-5-8-14-12(15)11(13)10-6-3-2-4-7-10/h2-4,6-7,11H,5,8-9H2,1H3,(H,14,15). The predicted molar refractivity (Wildman–Crippen MR) is 64.5 cm³/mol. The fraction of sp³-hybridized carbons (Fsp3) is 0.417. The summed E-state index contributed by atoms with van der Waals surface area (Å²) in [5.41, 5.74) is 0.813. The molecule has 0 saturated heterocycles. The SMILES string of the molecule is COCCCNC(=O)C(Cl)c1ccccc1. The number of nitrogens with one attached hydrogen (secondary N) is 1. The minimum absolute atomic E-state index is 0.163. The van der Waals surface area contributed by atoms with Crippen molar-refractivity contribution in [2.45, 2.75) is 11.8 Å². The molecule has 4 heteroatoms. The molecule has 88 valence electrons. The van der Waals surface area contributed by atoms with E-state index in [1.165, 1.54) is 0 Å². The molecule has 0 fully saturated rings. The van der Waals surface area contributed by atoms with Crippen LogP contribution in [-0.2, 0) is 9.53 Å². The normalized spacial score (nSPS) is 12.1. The van der Waals surface area contributed by atoms with Gasteiger partial charge in [0.25, 0.3) is 0 Å². The van der Waals surface area contributed by atoms with Gasteiger partial charge in [0.2, 0.25) is 5.91 Å². The van der Waals surface area contributed by atoms with Crippen LogP contribution in [0.1, 0.15) is 17.4 Å². The lowest BCUT2D eigenvalue weighted by Crippen LogP contribution is -2.28. The number of hydrogen-bond donors (Lipinski definition) is 1. The van der Waals surface area contributed by atoms with Gasteiger partial charge in [0, 0.05) is 20.3 Å². The van der Waals surface area contributed by atoms with Gasteiger partial charge in [-0.2, -0.15) is 0 Å². The maximum atomic E-state index is 11.6. The number of amides is 1. The fourth-order valence-corrected chi connectivity index (χ4v) is 1.51. The van der Waals surface area contributed by atoms with E-state index in [0.29, 0.717) is 13.2 Å². The third-order valence-electron chi connectivity index (χ3n) is 2.15. The number of carbonyl (C=O) groups is 1. The van der Waals surface area contributed by atoms with Gasteiger partial charge < -0.3 is 10.1 Å². The summed E-state index contributed by atoms with van der Waals surface area (Å²) in [7, 11) is 1.64. The first-order chi connectivity index (χ1) is 7.75. The molecule has 3 nitrogen and oxygen atoms in total. The van der Waals surface area contributed by atoms with Gasteiger partial charge >= 0.3 is 0 Å². The molecular formula is C12H16ClNO2. The molecule has 0 radical (unpaired) electrons. The lowest BCUT2D eigenvalue weighted by Gasteiger charge is -2.10. The summed E-state index contributed by atoms with van der Waals surface area (Å²) < 4.78 is 4.88. The topological polar surface area (TPSA) is 38.3 Å². The summed E-state index contributed by atoms with van der Waals surface area (Å²) in [6, 6.07) is 9.30. The molecular weight excluding hydrogens is 226 g/mol. The molecule has 1 atom stereocenters. The van der Waals surface area contributed by atoms with Crippen molar-refractivity contribution in [2.24, 2.45) is 0 Å². The van der Waals surface area contributed by atoms with Crippen molar-refractivity contribution in [3.63, 3.8) is 0 Å². The molecule has 0 bridgehead atoms. The third-order valence-corrected chi connectivity index (χ3v) is 2.60. The number of rotatable bonds is 6. The number of ether oxygens (including phenoxy) is 1. The van der Waals surface area contributed by atoms with E-state index in [1.54, 1.807) is 7.11 Å². The second-order valence-electron chi connectivity index (χ2n) is 3.41. The molecule has 0 spiro atoms. The Labute approximate surface area is 101 Å². The largest absolute Gasteiger partial charge is 0.385 e. The molecule has 0 aliphatic rings. The van der Waals surface area contributed by atoms with Gasteiger partial charge in [-0.15, -0.1) is 11.6 Å². The number of alkyl halides is 1. The second-order valence-corrected chi connectivity index (χ2v) is 3.85. The second kappa shape index (κ2) is 7.25. The number of carbonyl (C=O) groups excluding carboxylic acids is 1. The Morgan fingerprint density at radius 3 is 2.75 bits per heavy atom. The highest BCUT2D eigenvalue weighted by molar-refractivity contribution is 6.30. The Hall–Kier alpha value is -1.06. The lowest BCUT2D eigenvalue weighted by atomic mass is 10.1. The van der Waals surface area contributed by atoms with Crippen LogP contribution in [0.2, 0.25) is 0 Å². The predicted octanol–water partition coefficient (Wildman–Crippen LogP) is 2.12. The zero-order valence-electron chi connectivity index (χ0n) is 9.28. The summed E-state index contributed by atoms with van der Waals surface area (Å²) in [4.78, 5) is 11.6. The number of methoxy groups -OCH3 is 1. The van der Waals surface area contributed by atoms with Crippen LogP contribution in [0.4, 0.5) is 0 Å². The van der Waals surface area contributed by atoms with E-state index in [9.17, 15) is 4.79 Å². The van der Waals surface area contributed by atoms with E-state index in [4.69, 9.17) is 16.3 Å². The average Bonchev–Trinajstić information content (AvgIpc) is 2.34. The minimum Gasteiger partial charge on any atom is -0.385 e. The monoisotopic (exact) mass is 241 g/mol. The zero-order chi connectivity index (χ0) is 11.8. The first kappa shape index (κ1) is 13.0. The smallest absolute Gasteiger partial charge is 0.242 e. The van der Waals surface area contributed by atoms with Crippen molar-refractivity contribution in [3.05, 3.63) is 35.9 Å². The van der Waals surface area contributed by atoms with E-state index in [0.717, 1.165) is 12.0 Å². The zero-order valence-corrected chi connectivity index (χ0v) is 10.0. The molecule has 1 aromatic carbocycles. The Balaban J connectivity index is 2.37. The molecule has 1 unspecified atom stereocenters. The minimum atomic E-state index is -0.622. The molecule has 0 heterocycles. The summed E-state index contributed by atoms with van der Waals surface area (Å²) in [6.07, 6.45) is 0.792.